The molecule has 0 radical (unpaired) electrons. The number of carboxylic acids is 1. The van der Waals surface area contributed by atoms with Crippen LogP contribution in [-0.2, 0) is 0 Å². The normalized spacial score (nSPS) is 14.4. The van der Waals surface area contributed by atoms with E-state index in [0.29, 0.717) is 23.3 Å². The Morgan fingerprint density at radius 1 is 1.35 bits per heavy atom. The fraction of sp³-hybridized carbons (Fsp3) is 0.412. The van der Waals surface area contributed by atoms with Crippen LogP contribution in [0.5, 0.6) is 5.75 Å². The molecule has 1 aromatic carbocycles. The highest BCUT2D eigenvalue weighted by atomic mass is 16.5. The van der Waals surface area contributed by atoms with Crippen molar-refractivity contribution in [1.82, 2.24) is 9.47 Å². The molecule has 1 N–H and O–H groups in total. The first-order valence-corrected chi connectivity index (χ1v) is 7.67. The lowest BCUT2D eigenvalue weighted by molar-refractivity contribution is 0.0684. The molecule has 0 atom stereocenters. The van der Waals surface area contributed by atoms with E-state index >= 15 is 0 Å². The lowest BCUT2D eigenvalue weighted by atomic mass is 10.1. The number of aromatic nitrogens is 1. The second-order valence-corrected chi connectivity index (χ2v) is 6.13. The van der Waals surface area contributed by atoms with Gasteiger partial charge < -0.3 is 19.3 Å². The van der Waals surface area contributed by atoms with Gasteiger partial charge in [-0.2, -0.15) is 0 Å². The van der Waals surface area contributed by atoms with Crippen molar-refractivity contribution in [2.24, 2.45) is 0 Å². The molecule has 3 rings (SSSR count). The number of rotatable bonds is 6. The quantitative estimate of drug-likeness (QED) is 0.882. The minimum Gasteiger partial charge on any atom is -0.492 e. The summed E-state index contributed by atoms with van der Waals surface area (Å²) >= 11 is 0. The molecule has 1 aliphatic rings. The van der Waals surface area contributed by atoms with Gasteiger partial charge in [-0.05, 0) is 39.1 Å². The molecular formula is C17H20N2O4. The molecule has 0 aliphatic heterocycles. The van der Waals surface area contributed by atoms with E-state index in [2.05, 4.69) is 0 Å². The van der Waals surface area contributed by atoms with E-state index < -0.39 is 5.97 Å². The minimum absolute atomic E-state index is 0.0513. The van der Waals surface area contributed by atoms with Crippen molar-refractivity contribution in [2.75, 3.05) is 27.2 Å². The molecule has 0 saturated heterocycles. The van der Waals surface area contributed by atoms with Crippen molar-refractivity contribution in [1.29, 1.82) is 0 Å². The predicted molar refractivity (Wildman–Crippen MR) is 87.5 cm³/mol. The average Bonchev–Trinajstić information content (AvgIpc) is 3.31. The Balaban J connectivity index is 2.06. The summed E-state index contributed by atoms with van der Waals surface area (Å²) in [5, 5.41) is 9.93. The van der Waals surface area contributed by atoms with Crippen molar-refractivity contribution >= 4 is 16.9 Å². The molecule has 6 nitrogen and oxygen atoms in total. The van der Waals surface area contributed by atoms with Crippen molar-refractivity contribution in [3.63, 3.8) is 0 Å². The van der Waals surface area contributed by atoms with E-state index in [1.165, 1.54) is 6.07 Å². The molecule has 0 spiro atoms. The smallest absolute Gasteiger partial charge is 0.352 e. The summed E-state index contributed by atoms with van der Waals surface area (Å²) in [6, 6.07) is 6.62. The molecular weight excluding hydrogens is 296 g/mol. The van der Waals surface area contributed by atoms with Crippen molar-refractivity contribution in [2.45, 2.75) is 18.9 Å². The Labute approximate surface area is 133 Å². The third-order valence-electron chi connectivity index (χ3n) is 3.96. The van der Waals surface area contributed by atoms with Crippen LogP contribution in [0.2, 0.25) is 0 Å². The maximum Gasteiger partial charge on any atom is 0.352 e. The maximum atomic E-state index is 12.2. The summed E-state index contributed by atoms with van der Waals surface area (Å²) < 4.78 is 7.48. The molecule has 6 heteroatoms. The standard InChI is InChI=1S/C17H20N2O4/c1-18(2)7-8-23-12-5-6-13-14(9-12)19(11-3-4-11)15(17(21)22)10-16(13)20/h5-6,9-11H,3-4,7-8H2,1-2H3,(H,21,22). The first-order chi connectivity index (χ1) is 11.0. The summed E-state index contributed by atoms with van der Waals surface area (Å²) in [6.45, 7) is 1.31. The second-order valence-electron chi connectivity index (χ2n) is 6.13. The monoisotopic (exact) mass is 316 g/mol. The molecule has 1 saturated carbocycles. The lowest BCUT2D eigenvalue weighted by Crippen LogP contribution is -2.20. The zero-order valence-electron chi connectivity index (χ0n) is 13.3. The number of likely N-dealkylation sites (N-methyl/N-ethyl adjacent to an activating group) is 1. The van der Waals surface area contributed by atoms with Gasteiger partial charge in [0, 0.05) is 30.1 Å². The van der Waals surface area contributed by atoms with Gasteiger partial charge in [0.05, 0.1) is 5.52 Å². The third kappa shape index (κ3) is 3.22. The molecule has 0 bridgehead atoms. The van der Waals surface area contributed by atoms with Crippen LogP contribution < -0.4 is 10.2 Å². The SMILES string of the molecule is CN(C)CCOc1ccc2c(=O)cc(C(=O)O)n(C3CC3)c2c1. The number of pyridine rings is 1. The van der Waals surface area contributed by atoms with Crippen LogP contribution in [0.1, 0.15) is 29.4 Å². The largest absolute Gasteiger partial charge is 0.492 e. The molecule has 1 aliphatic carbocycles. The number of hydrogen-bond acceptors (Lipinski definition) is 4. The second kappa shape index (κ2) is 6.04. The summed E-state index contributed by atoms with van der Waals surface area (Å²) in [7, 11) is 3.93. The van der Waals surface area contributed by atoms with Crippen LogP contribution in [-0.4, -0.2) is 47.8 Å². The van der Waals surface area contributed by atoms with Gasteiger partial charge in [-0.25, -0.2) is 4.79 Å². The zero-order chi connectivity index (χ0) is 16.6. The van der Waals surface area contributed by atoms with Gasteiger partial charge in [-0.1, -0.05) is 0 Å². The first-order valence-electron chi connectivity index (χ1n) is 7.67. The van der Waals surface area contributed by atoms with Crippen LogP contribution in [0.15, 0.2) is 29.1 Å². The van der Waals surface area contributed by atoms with E-state index in [1.807, 2.05) is 19.0 Å². The van der Waals surface area contributed by atoms with Gasteiger partial charge in [0.15, 0.2) is 5.43 Å². The number of carbonyl (C=O) groups is 1. The van der Waals surface area contributed by atoms with E-state index in [-0.39, 0.29) is 17.2 Å². The number of hydrogen-bond donors (Lipinski definition) is 1. The van der Waals surface area contributed by atoms with Crippen LogP contribution in [0.4, 0.5) is 0 Å². The predicted octanol–water partition coefficient (Wildman–Crippen LogP) is 1.97. The van der Waals surface area contributed by atoms with Gasteiger partial charge in [0.25, 0.3) is 0 Å². The number of fused-ring (bicyclic) bond motifs is 1. The fourth-order valence-electron chi connectivity index (χ4n) is 2.65. The number of carboxylic acid groups (broad SMARTS) is 1. The minimum atomic E-state index is -1.07. The molecule has 0 unspecified atom stereocenters. The summed E-state index contributed by atoms with van der Waals surface area (Å²) in [5.74, 6) is -0.425. The Bertz CT molecular complexity index is 806. The van der Waals surface area contributed by atoms with Gasteiger partial charge in [0.2, 0.25) is 0 Å². The van der Waals surface area contributed by atoms with Gasteiger partial charge >= 0.3 is 5.97 Å². The van der Waals surface area contributed by atoms with Crippen LogP contribution >= 0.6 is 0 Å². The molecule has 0 amide bonds. The Hall–Kier alpha value is -2.34. The molecule has 23 heavy (non-hydrogen) atoms. The average molecular weight is 316 g/mol. The summed E-state index contributed by atoms with van der Waals surface area (Å²) in [4.78, 5) is 25.7. The van der Waals surface area contributed by atoms with Gasteiger partial charge in [-0.15, -0.1) is 0 Å². The van der Waals surface area contributed by atoms with Crippen molar-refractivity contribution < 1.29 is 14.6 Å². The van der Waals surface area contributed by atoms with Gasteiger partial charge in [0.1, 0.15) is 18.1 Å². The van der Waals surface area contributed by atoms with E-state index in [1.54, 1.807) is 22.8 Å². The maximum absolute atomic E-state index is 12.2. The molecule has 1 heterocycles. The van der Waals surface area contributed by atoms with Crippen molar-refractivity contribution in [3.05, 3.63) is 40.2 Å². The Kier molecular flexibility index (Phi) is 4.09. The number of aromatic carboxylic acids is 1. The van der Waals surface area contributed by atoms with E-state index in [4.69, 9.17) is 4.74 Å². The first kappa shape index (κ1) is 15.6. The van der Waals surface area contributed by atoms with Crippen LogP contribution in [0, 0.1) is 0 Å². The van der Waals surface area contributed by atoms with E-state index in [9.17, 15) is 14.7 Å². The summed E-state index contributed by atoms with van der Waals surface area (Å²) in [6.07, 6.45) is 1.87. The number of nitrogens with zero attached hydrogens (tertiary/aromatic N) is 2. The van der Waals surface area contributed by atoms with E-state index in [0.717, 1.165) is 19.4 Å². The molecule has 1 fully saturated rings. The van der Waals surface area contributed by atoms with Crippen molar-refractivity contribution in [3.8, 4) is 5.75 Å². The Morgan fingerprint density at radius 2 is 2.09 bits per heavy atom. The number of ether oxygens (including phenoxy) is 1. The molecule has 2 aromatic rings. The highest BCUT2D eigenvalue weighted by molar-refractivity contribution is 5.91. The fourth-order valence-corrected chi connectivity index (χ4v) is 2.65. The third-order valence-corrected chi connectivity index (χ3v) is 3.96. The number of benzene rings is 1. The van der Waals surface area contributed by atoms with Crippen LogP contribution in [0.3, 0.4) is 0 Å². The summed E-state index contributed by atoms with van der Waals surface area (Å²) in [5.41, 5.74) is 0.421. The van der Waals surface area contributed by atoms with Gasteiger partial charge in [-0.3, -0.25) is 4.79 Å². The lowest BCUT2D eigenvalue weighted by Gasteiger charge is -2.15. The topological polar surface area (TPSA) is 71.8 Å². The Morgan fingerprint density at radius 3 is 2.70 bits per heavy atom. The van der Waals surface area contributed by atoms with Crippen LogP contribution in [0.25, 0.3) is 10.9 Å². The highest BCUT2D eigenvalue weighted by Gasteiger charge is 2.29. The highest BCUT2D eigenvalue weighted by Crippen LogP contribution is 2.38. The zero-order valence-corrected chi connectivity index (χ0v) is 13.3. The molecule has 1 aromatic heterocycles. The molecule has 122 valence electrons.